The van der Waals surface area contributed by atoms with Gasteiger partial charge in [0.15, 0.2) is 0 Å². The second-order valence-electron chi connectivity index (χ2n) is 6.40. The molecule has 22 heavy (non-hydrogen) atoms. The Morgan fingerprint density at radius 3 is 2.55 bits per heavy atom. The third kappa shape index (κ3) is 2.91. The van der Waals surface area contributed by atoms with E-state index in [1.165, 1.54) is 18.5 Å². The molecular weight excluding hydrogens is 276 g/mol. The largest absolute Gasteiger partial charge is 0.353 e. The molecule has 2 aromatic heterocycles. The molecule has 0 atom stereocenters. The maximum absolute atomic E-state index is 4.69. The fourth-order valence-corrected chi connectivity index (χ4v) is 2.55. The van der Waals surface area contributed by atoms with E-state index in [-0.39, 0.29) is 0 Å². The molecular formula is C16H24N6. The van der Waals surface area contributed by atoms with Crippen LogP contribution in [0.4, 0.5) is 11.8 Å². The first-order chi connectivity index (χ1) is 10.5. The summed E-state index contributed by atoms with van der Waals surface area (Å²) in [6.07, 6.45) is 2.55. The molecule has 2 aromatic rings. The molecule has 2 heterocycles. The molecule has 0 spiro atoms. The number of aromatic nitrogens is 4. The molecule has 1 aliphatic rings. The number of H-pyrrole nitrogens is 1. The van der Waals surface area contributed by atoms with Crippen molar-refractivity contribution in [2.24, 2.45) is 0 Å². The number of anilines is 2. The van der Waals surface area contributed by atoms with Crippen molar-refractivity contribution in [2.45, 2.75) is 39.2 Å². The summed E-state index contributed by atoms with van der Waals surface area (Å²) >= 11 is 0. The van der Waals surface area contributed by atoms with Crippen LogP contribution in [0.3, 0.4) is 0 Å². The minimum Gasteiger partial charge on any atom is -0.353 e. The maximum Gasteiger partial charge on any atom is 0.227 e. The number of nitrogens with zero attached hydrogens (tertiary/aromatic N) is 5. The maximum atomic E-state index is 4.69. The molecule has 0 saturated heterocycles. The SMILES string of the molecule is Cc1nc(N(C)C)nc(N(C)Cc2cc(C3CC3)n[nH]2)c1C. The van der Waals surface area contributed by atoms with Crippen LogP contribution >= 0.6 is 0 Å². The molecule has 1 fully saturated rings. The van der Waals surface area contributed by atoms with E-state index in [0.717, 1.165) is 35.3 Å². The number of nitrogens with one attached hydrogen (secondary N) is 1. The van der Waals surface area contributed by atoms with E-state index >= 15 is 0 Å². The Labute approximate surface area is 131 Å². The van der Waals surface area contributed by atoms with Gasteiger partial charge in [-0.05, 0) is 32.8 Å². The molecule has 1 N–H and O–H groups in total. The summed E-state index contributed by atoms with van der Waals surface area (Å²) < 4.78 is 0. The van der Waals surface area contributed by atoms with Crippen LogP contribution in [0.15, 0.2) is 6.07 Å². The van der Waals surface area contributed by atoms with Gasteiger partial charge in [0.05, 0.1) is 17.9 Å². The molecule has 0 amide bonds. The molecule has 3 rings (SSSR count). The molecule has 118 valence electrons. The van der Waals surface area contributed by atoms with Crippen molar-refractivity contribution in [1.82, 2.24) is 20.2 Å². The molecule has 0 aliphatic heterocycles. The Morgan fingerprint density at radius 2 is 1.91 bits per heavy atom. The van der Waals surface area contributed by atoms with Gasteiger partial charge in [0.2, 0.25) is 5.95 Å². The Kier molecular flexibility index (Phi) is 3.76. The second kappa shape index (κ2) is 5.59. The van der Waals surface area contributed by atoms with Crippen molar-refractivity contribution in [3.05, 3.63) is 28.7 Å². The van der Waals surface area contributed by atoms with E-state index in [2.05, 4.69) is 45.1 Å². The molecule has 6 nitrogen and oxygen atoms in total. The predicted molar refractivity (Wildman–Crippen MR) is 88.5 cm³/mol. The topological polar surface area (TPSA) is 60.9 Å². The minimum atomic E-state index is 0.679. The number of hydrogen-bond acceptors (Lipinski definition) is 5. The fraction of sp³-hybridized carbons (Fsp3) is 0.562. The van der Waals surface area contributed by atoms with Gasteiger partial charge in [0.25, 0.3) is 0 Å². The van der Waals surface area contributed by atoms with Crippen LogP contribution in [0.2, 0.25) is 0 Å². The van der Waals surface area contributed by atoms with Crippen molar-refractivity contribution < 1.29 is 0 Å². The lowest BCUT2D eigenvalue weighted by atomic mass is 10.2. The first-order valence-corrected chi connectivity index (χ1v) is 7.73. The average molecular weight is 300 g/mol. The van der Waals surface area contributed by atoms with E-state index in [9.17, 15) is 0 Å². The van der Waals surface area contributed by atoms with E-state index < -0.39 is 0 Å². The molecule has 0 unspecified atom stereocenters. The average Bonchev–Trinajstić information content (AvgIpc) is 3.22. The lowest BCUT2D eigenvalue weighted by Crippen LogP contribution is -2.22. The van der Waals surface area contributed by atoms with Crippen LogP contribution < -0.4 is 9.80 Å². The van der Waals surface area contributed by atoms with E-state index in [1.807, 2.05) is 25.9 Å². The normalized spacial score (nSPS) is 14.2. The van der Waals surface area contributed by atoms with Gasteiger partial charge in [-0.3, -0.25) is 5.10 Å². The summed E-state index contributed by atoms with van der Waals surface area (Å²) in [5.41, 5.74) is 4.47. The number of aromatic amines is 1. The summed E-state index contributed by atoms with van der Waals surface area (Å²) in [7, 11) is 5.99. The standard InChI is InChI=1S/C16H24N6/c1-10-11(2)17-16(21(3)4)18-15(10)22(5)9-13-8-14(20-19-13)12-6-7-12/h8,12H,6-7,9H2,1-5H3,(H,19,20). The summed E-state index contributed by atoms with van der Waals surface area (Å²) in [5, 5.41) is 7.57. The van der Waals surface area contributed by atoms with Crippen molar-refractivity contribution in [1.29, 1.82) is 0 Å². The molecule has 1 aliphatic carbocycles. The highest BCUT2D eigenvalue weighted by Crippen LogP contribution is 2.39. The van der Waals surface area contributed by atoms with E-state index in [1.54, 1.807) is 0 Å². The van der Waals surface area contributed by atoms with Crippen LogP contribution in [-0.4, -0.2) is 41.3 Å². The van der Waals surface area contributed by atoms with Crippen molar-refractivity contribution >= 4 is 11.8 Å². The highest BCUT2D eigenvalue weighted by atomic mass is 15.3. The lowest BCUT2D eigenvalue weighted by Gasteiger charge is -2.22. The molecule has 1 saturated carbocycles. The summed E-state index contributed by atoms with van der Waals surface area (Å²) in [5.74, 6) is 2.39. The van der Waals surface area contributed by atoms with Gasteiger partial charge < -0.3 is 9.80 Å². The van der Waals surface area contributed by atoms with Gasteiger partial charge in [0.1, 0.15) is 5.82 Å². The predicted octanol–water partition coefficient (Wildman–Crippen LogP) is 2.40. The Hall–Kier alpha value is -2.11. The molecule has 6 heteroatoms. The van der Waals surface area contributed by atoms with Crippen molar-refractivity contribution in [2.75, 3.05) is 30.9 Å². The van der Waals surface area contributed by atoms with Crippen LogP contribution in [0, 0.1) is 13.8 Å². The summed E-state index contributed by atoms with van der Waals surface area (Å²) in [6, 6.07) is 2.18. The van der Waals surface area contributed by atoms with Gasteiger partial charge in [-0.25, -0.2) is 4.98 Å². The third-order valence-corrected chi connectivity index (χ3v) is 4.17. The van der Waals surface area contributed by atoms with Gasteiger partial charge >= 0.3 is 0 Å². The van der Waals surface area contributed by atoms with Gasteiger partial charge in [-0.2, -0.15) is 10.1 Å². The van der Waals surface area contributed by atoms with Crippen molar-refractivity contribution in [3.63, 3.8) is 0 Å². The van der Waals surface area contributed by atoms with Gasteiger partial charge in [0, 0.05) is 38.3 Å². The highest BCUT2D eigenvalue weighted by Gasteiger charge is 2.26. The number of hydrogen-bond donors (Lipinski definition) is 1. The van der Waals surface area contributed by atoms with E-state index in [0.29, 0.717) is 5.92 Å². The van der Waals surface area contributed by atoms with Crippen molar-refractivity contribution in [3.8, 4) is 0 Å². The summed E-state index contributed by atoms with van der Waals surface area (Å²) in [6.45, 7) is 4.87. The zero-order valence-electron chi connectivity index (χ0n) is 14.0. The van der Waals surface area contributed by atoms with E-state index in [4.69, 9.17) is 0 Å². The van der Waals surface area contributed by atoms with Gasteiger partial charge in [-0.15, -0.1) is 0 Å². The fourth-order valence-electron chi connectivity index (χ4n) is 2.55. The van der Waals surface area contributed by atoms with Crippen LogP contribution in [0.1, 0.15) is 41.4 Å². The minimum absolute atomic E-state index is 0.679. The number of aryl methyl sites for hydroxylation is 1. The zero-order chi connectivity index (χ0) is 15.9. The van der Waals surface area contributed by atoms with Crippen LogP contribution in [0.5, 0.6) is 0 Å². The van der Waals surface area contributed by atoms with Crippen LogP contribution in [0.25, 0.3) is 0 Å². The smallest absolute Gasteiger partial charge is 0.227 e. The second-order valence-corrected chi connectivity index (χ2v) is 6.40. The number of rotatable bonds is 5. The first kappa shape index (κ1) is 14.8. The van der Waals surface area contributed by atoms with Gasteiger partial charge in [-0.1, -0.05) is 0 Å². The Bertz CT molecular complexity index is 671. The molecule has 0 aromatic carbocycles. The lowest BCUT2D eigenvalue weighted by molar-refractivity contribution is 0.831. The van der Waals surface area contributed by atoms with Crippen LogP contribution in [-0.2, 0) is 6.54 Å². The quantitative estimate of drug-likeness (QED) is 0.918. The Morgan fingerprint density at radius 1 is 1.18 bits per heavy atom. The third-order valence-electron chi connectivity index (χ3n) is 4.17. The monoisotopic (exact) mass is 300 g/mol. The molecule has 0 radical (unpaired) electrons. The summed E-state index contributed by atoms with van der Waals surface area (Å²) in [4.78, 5) is 13.3. The first-order valence-electron chi connectivity index (χ1n) is 7.73. The Balaban J connectivity index is 1.82. The highest BCUT2D eigenvalue weighted by molar-refractivity contribution is 5.51. The zero-order valence-corrected chi connectivity index (χ0v) is 14.0. The molecule has 0 bridgehead atoms.